The molecule has 130 valence electrons. The van der Waals surface area contributed by atoms with Crippen LogP contribution < -0.4 is 20.7 Å². The summed E-state index contributed by atoms with van der Waals surface area (Å²) in [5.41, 5.74) is 5.22. The van der Waals surface area contributed by atoms with Gasteiger partial charge in [0.05, 0.1) is 26.3 Å². The Kier molecular flexibility index (Phi) is 3.54. The third-order valence-electron chi connectivity index (χ3n) is 4.50. The lowest BCUT2D eigenvalue weighted by molar-refractivity contribution is 0.0697. The summed E-state index contributed by atoms with van der Waals surface area (Å²) >= 11 is 7.57. The SMILES string of the molecule is C=c1sc2c(C(=O)O)c(=O)c3cc(F)c(N4CC[C@H](N)C4)c(Cl)c3n12. The van der Waals surface area contributed by atoms with Crippen molar-refractivity contribution in [2.75, 3.05) is 18.0 Å². The topological polar surface area (TPSA) is 88.0 Å². The van der Waals surface area contributed by atoms with Gasteiger partial charge in [0.2, 0.25) is 5.43 Å². The van der Waals surface area contributed by atoms with Gasteiger partial charge >= 0.3 is 5.97 Å². The number of fused-ring (bicyclic) bond motifs is 3. The first-order valence-electron chi connectivity index (χ1n) is 7.53. The van der Waals surface area contributed by atoms with Crippen LogP contribution in [0.4, 0.5) is 10.1 Å². The smallest absolute Gasteiger partial charge is 0.342 e. The van der Waals surface area contributed by atoms with Gasteiger partial charge in [-0.1, -0.05) is 29.5 Å². The lowest BCUT2D eigenvalue weighted by Gasteiger charge is -2.23. The van der Waals surface area contributed by atoms with E-state index in [9.17, 15) is 19.1 Å². The van der Waals surface area contributed by atoms with Gasteiger partial charge < -0.3 is 15.7 Å². The number of anilines is 1. The minimum absolute atomic E-state index is 0.0702. The normalized spacial score (nSPS) is 17.9. The molecular formula is C16H13ClFN3O3S. The van der Waals surface area contributed by atoms with Crippen LogP contribution in [-0.2, 0) is 0 Å². The first kappa shape index (κ1) is 16.3. The number of hydrogen-bond donors (Lipinski definition) is 2. The van der Waals surface area contributed by atoms with Crippen molar-refractivity contribution in [2.45, 2.75) is 12.5 Å². The lowest BCUT2D eigenvalue weighted by Crippen LogP contribution is -2.29. The Bertz CT molecular complexity index is 1160. The van der Waals surface area contributed by atoms with Gasteiger partial charge in [-0.2, -0.15) is 0 Å². The molecule has 0 spiro atoms. The molecule has 3 heterocycles. The van der Waals surface area contributed by atoms with Crippen LogP contribution in [0, 0.1) is 5.82 Å². The molecule has 0 aliphatic carbocycles. The molecule has 3 aromatic rings. The Labute approximate surface area is 149 Å². The number of nitrogens with zero attached hydrogens (tertiary/aromatic N) is 2. The summed E-state index contributed by atoms with van der Waals surface area (Å²) in [5, 5.41) is 9.34. The molecule has 25 heavy (non-hydrogen) atoms. The highest BCUT2D eigenvalue weighted by Gasteiger charge is 2.29. The van der Waals surface area contributed by atoms with Crippen LogP contribution in [-0.4, -0.2) is 34.6 Å². The molecule has 0 amide bonds. The fraction of sp³-hybridized carbons (Fsp3) is 0.250. The second-order valence-corrected chi connectivity index (χ2v) is 7.50. The Morgan fingerprint density at radius 3 is 2.80 bits per heavy atom. The van der Waals surface area contributed by atoms with Gasteiger partial charge in [0.1, 0.15) is 16.2 Å². The minimum atomic E-state index is -1.36. The number of rotatable bonds is 2. The Morgan fingerprint density at radius 1 is 1.52 bits per heavy atom. The van der Waals surface area contributed by atoms with E-state index in [4.69, 9.17) is 17.3 Å². The van der Waals surface area contributed by atoms with Gasteiger partial charge in [-0.25, -0.2) is 9.18 Å². The molecule has 3 N–H and O–H groups in total. The number of carboxylic acids is 1. The number of hydrogen-bond acceptors (Lipinski definition) is 5. The zero-order chi connectivity index (χ0) is 18.0. The van der Waals surface area contributed by atoms with E-state index in [1.807, 2.05) is 0 Å². The quantitative estimate of drug-likeness (QED) is 0.705. The average Bonchev–Trinajstić information content (AvgIpc) is 2.94. The summed E-state index contributed by atoms with van der Waals surface area (Å²) in [6.45, 7) is 4.85. The van der Waals surface area contributed by atoms with Crippen LogP contribution in [0.2, 0.25) is 5.02 Å². The van der Waals surface area contributed by atoms with E-state index in [2.05, 4.69) is 6.58 Å². The van der Waals surface area contributed by atoms with E-state index >= 15 is 0 Å². The molecule has 2 aromatic heterocycles. The van der Waals surface area contributed by atoms with Crippen molar-refractivity contribution in [3.63, 3.8) is 0 Å². The number of benzene rings is 1. The number of carbonyl (C=O) groups is 1. The monoisotopic (exact) mass is 381 g/mol. The molecule has 0 unspecified atom stereocenters. The highest BCUT2D eigenvalue weighted by Crippen LogP contribution is 2.37. The molecule has 0 saturated carbocycles. The van der Waals surface area contributed by atoms with Crippen molar-refractivity contribution in [3.05, 3.63) is 37.4 Å². The summed E-state index contributed by atoms with van der Waals surface area (Å²) in [5.74, 6) is -2.03. The zero-order valence-electron chi connectivity index (χ0n) is 12.9. The fourth-order valence-electron chi connectivity index (χ4n) is 3.36. The Balaban J connectivity index is 2.13. The largest absolute Gasteiger partial charge is 0.477 e. The summed E-state index contributed by atoms with van der Waals surface area (Å²) in [7, 11) is 0. The van der Waals surface area contributed by atoms with Crippen molar-refractivity contribution in [1.82, 2.24) is 4.40 Å². The molecule has 1 fully saturated rings. The number of pyridine rings is 1. The molecule has 0 radical (unpaired) electrons. The van der Waals surface area contributed by atoms with E-state index in [0.717, 1.165) is 17.4 Å². The molecule has 1 saturated heterocycles. The maximum Gasteiger partial charge on any atom is 0.342 e. The number of halogens is 2. The number of carboxylic acid groups (broad SMARTS) is 1. The molecule has 9 heteroatoms. The molecule has 0 bridgehead atoms. The molecule has 6 nitrogen and oxygen atoms in total. The third kappa shape index (κ3) is 2.18. The van der Waals surface area contributed by atoms with Crippen molar-refractivity contribution >= 4 is 56.9 Å². The van der Waals surface area contributed by atoms with E-state index in [0.29, 0.717) is 24.2 Å². The van der Waals surface area contributed by atoms with E-state index in [-0.39, 0.29) is 32.5 Å². The lowest BCUT2D eigenvalue weighted by atomic mass is 10.1. The zero-order valence-corrected chi connectivity index (χ0v) is 14.5. The molecular weight excluding hydrogens is 369 g/mol. The molecule has 4 rings (SSSR count). The minimum Gasteiger partial charge on any atom is -0.477 e. The van der Waals surface area contributed by atoms with Crippen molar-refractivity contribution in [3.8, 4) is 0 Å². The van der Waals surface area contributed by atoms with Crippen LogP contribution in [0.5, 0.6) is 0 Å². The summed E-state index contributed by atoms with van der Waals surface area (Å²) < 4.78 is 16.8. The van der Waals surface area contributed by atoms with E-state index in [1.54, 1.807) is 4.90 Å². The van der Waals surface area contributed by atoms with Gasteiger partial charge in [-0.15, -0.1) is 0 Å². The first-order chi connectivity index (χ1) is 11.8. The second-order valence-electron chi connectivity index (χ2n) is 6.06. The summed E-state index contributed by atoms with van der Waals surface area (Å²) in [6, 6.07) is 0.982. The number of nitrogens with two attached hydrogens (primary N) is 1. The van der Waals surface area contributed by atoms with E-state index in [1.165, 1.54) is 4.40 Å². The van der Waals surface area contributed by atoms with Crippen LogP contribution in [0.3, 0.4) is 0 Å². The van der Waals surface area contributed by atoms with Crippen LogP contribution in [0.15, 0.2) is 10.9 Å². The first-order valence-corrected chi connectivity index (χ1v) is 8.72. The van der Waals surface area contributed by atoms with Crippen LogP contribution >= 0.6 is 22.9 Å². The van der Waals surface area contributed by atoms with Gasteiger partial charge in [0, 0.05) is 19.1 Å². The second kappa shape index (κ2) is 5.42. The van der Waals surface area contributed by atoms with Crippen LogP contribution in [0.1, 0.15) is 16.8 Å². The highest BCUT2D eigenvalue weighted by atomic mass is 35.5. The van der Waals surface area contributed by atoms with Gasteiger partial charge in [0.15, 0.2) is 0 Å². The fourth-order valence-corrected chi connectivity index (χ4v) is 4.69. The third-order valence-corrected chi connectivity index (χ3v) is 5.86. The predicted octanol–water partition coefficient (Wildman–Crippen LogP) is 1.67. The van der Waals surface area contributed by atoms with Crippen molar-refractivity contribution < 1.29 is 14.3 Å². The standard InChI is InChI=1S/C16H13ClFN3O3S/c1-6-21-12-8(14(22)10(16(23)24)15(21)25-6)4-9(18)13(11(12)17)20-3-2-7(19)5-20/h4,7H,1-3,5,19H2,(H,23,24)/t7-/m0/s1. The summed E-state index contributed by atoms with van der Waals surface area (Å²) in [4.78, 5) is 26.0. The molecule has 1 aromatic carbocycles. The van der Waals surface area contributed by atoms with Gasteiger partial charge in [-0.05, 0) is 12.5 Å². The molecule has 1 aliphatic heterocycles. The van der Waals surface area contributed by atoms with Gasteiger partial charge in [-0.3, -0.25) is 9.20 Å². The highest BCUT2D eigenvalue weighted by molar-refractivity contribution is 7.17. The Hall–Kier alpha value is -2.16. The van der Waals surface area contributed by atoms with Gasteiger partial charge in [0.25, 0.3) is 0 Å². The van der Waals surface area contributed by atoms with Crippen LogP contribution in [0.25, 0.3) is 22.3 Å². The Morgan fingerprint density at radius 2 is 2.24 bits per heavy atom. The molecule has 1 aliphatic rings. The number of aromatic nitrogens is 1. The summed E-state index contributed by atoms with van der Waals surface area (Å²) in [6.07, 6.45) is 0.715. The predicted molar refractivity (Wildman–Crippen MR) is 96.5 cm³/mol. The maximum absolute atomic E-state index is 14.7. The van der Waals surface area contributed by atoms with Crippen molar-refractivity contribution in [1.29, 1.82) is 0 Å². The number of aromatic carboxylic acids is 1. The molecule has 1 atom stereocenters. The van der Waals surface area contributed by atoms with Crippen molar-refractivity contribution in [2.24, 2.45) is 5.73 Å². The average molecular weight is 382 g/mol. The van der Waals surface area contributed by atoms with E-state index < -0.39 is 22.8 Å². The maximum atomic E-state index is 14.7.